The van der Waals surface area contributed by atoms with Gasteiger partial charge in [0.25, 0.3) is 5.91 Å². The quantitative estimate of drug-likeness (QED) is 0.192. The Hall–Kier alpha value is -4.70. The van der Waals surface area contributed by atoms with Crippen molar-refractivity contribution in [3.63, 3.8) is 0 Å². The van der Waals surface area contributed by atoms with E-state index in [-0.39, 0.29) is 42.8 Å². The third-order valence-electron chi connectivity index (χ3n) is 13.2. The average molecular weight is 853 g/mol. The number of hydrogen-bond donors (Lipinski definition) is 3. The van der Waals surface area contributed by atoms with Gasteiger partial charge in [0.05, 0.1) is 34.8 Å². The minimum atomic E-state index is -1.01. The number of fused-ring (bicyclic) bond motifs is 7. The third-order valence-corrected chi connectivity index (χ3v) is 14.1. The van der Waals surface area contributed by atoms with Crippen molar-refractivity contribution in [3.8, 4) is 22.5 Å². The Kier molecular flexibility index (Phi) is 12.1. The van der Waals surface area contributed by atoms with Gasteiger partial charge in [0.15, 0.2) is 0 Å². The number of thiazole rings is 1. The zero-order chi connectivity index (χ0) is 43.3. The minimum absolute atomic E-state index is 0.0277. The van der Waals surface area contributed by atoms with Crippen molar-refractivity contribution in [3.05, 3.63) is 58.2 Å². The van der Waals surface area contributed by atoms with Crippen LogP contribution in [0, 0.1) is 29.1 Å². The van der Waals surface area contributed by atoms with E-state index in [9.17, 15) is 19.2 Å². The fourth-order valence-electron chi connectivity index (χ4n) is 9.90. The lowest BCUT2D eigenvalue weighted by atomic mass is 9.84. The molecular weight excluding hydrogens is 793 g/mol. The highest BCUT2D eigenvalue weighted by molar-refractivity contribution is 7.10. The Morgan fingerprint density at radius 2 is 1.92 bits per heavy atom. The van der Waals surface area contributed by atoms with Gasteiger partial charge < -0.3 is 29.6 Å². The van der Waals surface area contributed by atoms with E-state index in [2.05, 4.69) is 65.7 Å². The highest BCUT2D eigenvalue weighted by atomic mass is 32.1. The van der Waals surface area contributed by atoms with Crippen LogP contribution in [0.5, 0.6) is 0 Å². The number of rotatable bonds is 9. The summed E-state index contributed by atoms with van der Waals surface area (Å²) in [6, 6.07) is 7.93. The van der Waals surface area contributed by atoms with Crippen LogP contribution in [0.3, 0.4) is 0 Å². The Morgan fingerprint density at radius 3 is 2.64 bits per heavy atom. The largest absolute Gasteiger partial charge is 0.464 e. The normalized spacial score (nSPS) is 24.8. The second-order valence-electron chi connectivity index (χ2n) is 18.4. The van der Waals surface area contributed by atoms with Crippen LogP contribution in [0.25, 0.3) is 33.4 Å². The molecule has 326 valence electrons. The summed E-state index contributed by atoms with van der Waals surface area (Å²) in [7, 11) is 3.39. The zero-order valence-electron chi connectivity index (χ0n) is 36.6. The van der Waals surface area contributed by atoms with Gasteiger partial charge in [0, 0.05) is 78.6 Å². The molecule has 3 fully saturated rings. The van der Waals surface area contributed by atoms with E-state index in [1.54, 1.807) is 25.3 Å². The molecule has 0 radical (unpaired) electrons. The van der Waals surface area contributed by atoms with E-state index in [1.165, 1.54) is 16.3 Å². The summed E-state index contributed by atoms with van der Waals surface area (Å²) in [4.78, 5) is 67.9. The van der Waals surface area contributed by atoms with Crippen LogP contribution in [-0.4, -0.2) is 107 Å². The van der Waals surface area contributed by atoms with Crippen molar-refractivity contribution < 1.29 is 28.7 Å². The molecule has 3 aromatic heterocycles. The number of amides is 3. The number of benzene rings is 1. The number of nitrogens with one attached hydrogen (secondary N) is 3. The molecule has 3 amide bonds. The lowest BCUT2D eigenvalue weighted by Crippen LogP contribution is -2.62. The van der Waals surface area contributed by atoms with Crippen molar-refractivity contribution >= 4 is 45.9 Å². The second kappa shape index (κ2) is 17.2. The molecule has 6 heterocycles. The number of likely N-dealkylation sites (N-methyl/N-ethyl adjacent to an activating group) is 1. The highest BCUT2D eigenvalue weighted by Gasteiger charge is 2.58. The molecule has 4 aliphatic rings. The molecule has 15 heteroatoms. The first-order valence-electron chi connectivity index (χ1n) is 21.8. The SMILES string of the molecule is CCn1c(-c2cccnc2[C@H](C)OC)c2c3cc(ccc31)-c1csc(n1)C[C@H](NC(=O)[C@H](C(C)C)N(C)C(=O)C1[C@H]3CNC[C@@H]13)C(=O)N1CCC[C@H](N1)C(=O)OCC(C)(C)C2. The van der Waals surface area contributed by atoms with Crippen LogP contribution >= 0.6 is 11.3 Å². The number of methoxy groups -OCH3 is 1. The predicted octanol–water partition coefficient (Wildman–Crippen LogP) is 5.15. The topological polar surface area (TPSA) is 160 Å². The third kappa shape index (κ3) is 8.33. The molecule has 1 unspecified atom stereocenters. The van der Waals surface area contributed by atoms with Gasteiger partial charge in [0.2, 0.25) is 11.8 Å². The van der Waals surface area contributed by atoms with E-state index >= 15 is 0 Å². The average Bonchev–Trinajstić information content (AvgIpc) is 3.59. The second-order valence-corrected chi connectivity index (χ2v) is 19.4. The van der Waals surface area contributed by atoms with Crippen molar-refractivity contribution in [2.24, 2.45) is 29.1 Å². The smallest absolute Gasteiger partial charge is 0.324 e. The fraction of sp³-hybridized carbons (Fsp3) is 0.565. The Balaban J connectivity index is 1.18. The molecule has 1 aliphatic carbocycles. The van der Waals surface area contributed by atoms with E-state index in [1.807, 2.05) is 32.2 Å². The molecule has 7 atom stereocenters. The van der Waals surface area contributed by atoms with E-state index in [0.29, 0.717) is 49.2 Å². The summed E-state index contributed by atoms with van der Waals surface area (Å²) in [5, 5.41) is 11.6. The number of aryl methyl sites for hydroxylation is 1. The number of carbonyl (C=O) groups is 4. The van der Waals surface area contributed by atoms with Gasteiger partial charge in [-0.3, -0.25) is 29.2 Å². The number of piperidine rings is 1. The van der Waals surface area contributed by atoms with Gasteiger partial charge >= 0.3 is 5.97 Å². The maximum absolute atomic E-state index is 14.5. The number of carbonyl (C=O) groups excluding carboxylic acids is 4. The van der Waals surface area contributed by atoms with E-state index < -0.39 is 35.4 Å². The van der Waals surface area contributed by atoms with Crippen molar-refractivity contribution in [2.45, 2.75) is 98.0 Å². The van der Waals surface area contributed by atoms with E-state index in [0.717, 1.165) is 57.8 Å². The van der Waals surface area contributed by atoms with Crippen LogP contribution in [-0.2, 0) is 48.0 Å². The number of hydrogen-bond acceptors (Lipinski definition) is 11. The first-order valence-corrected chi connectivity index (χ1v) is 22.7. The molecule has 6 bridgehead atoms. The lowest BCUT2D eigenvalue weighted by molar-refractivity contribution is -0.155. The minimum Gasteiger partial charge on any atom is -0.464 e. The molecule has 1 saturated carbocycles. The van der Waals surface area contributed by atoms with Crippen LogP contribution < -0.4 is 16.1 Å². The summed E-state index contributed by atoms with van der Waals surface area (Å²) in [6.07, 6.45) is 3.35. The van der Waals surface area contributed by atoms with Crippen LogP contribution in [0.1, 0.15) is 76.8 Å². The maximum Gasteiger partial charge on any atom is 0.324 e. The summed E-state index contributed by atoms with van der Waals surface area (Å²) >= 11 is 1.44. The van der Waals surface area contributed by atoms with Crippen LogP contribution in [0.2, 0.25) is 0 Å². The Bertz CT molecular complexity index is 2310. The van der Waals surface area contributed by atoms with Crippen LogP contribution in [0.15, 0.2) is 41.9 Å². The monoisotopic (exact) mass is 852 g/mol. The summed E-state index contributed by atoms with van der Waals surface area (Å²) < 4.78 is 14.2. The van der Waals surface area contributed by atoms with Gasteiger partial charge in [-0.1, -0.05) is 33.8 Å². The molecule has 8 rings (SSSR count). The number of nitrogens with zero attached hydrogens (tertiary/aromatic N) is 5. The van der Waals surface area contributed by atoms with Gasteiger partial charge in [-0.15, -0.1) is 11.3 Å². The van der Waals surface area contributed by atoms with Crippen molar-refractivity contribution in [2.75, 3.05) is 40.4 Å². The summed E-state index contributed by atoms with van der Waals surface area (Å²) in [6.45, 7) is 15.0. The van der Waals surface area contributed by atoms with Crippen molar-refractivity contribution in [1.82, 2.24) is 40.5 Å². The molecule has 1 aromatic carbocycles. The van der Waals surface area contributed by atoms with Crippen molar-refractivity contribution in [1.29, 1.82) is 0 Å². The summed E-state index contributed by atoms with van der Waals surface area (Å²) in [5.74, 6) is -0.903. The molecule has 0 spiro atoms. The standard InChI is InChI=1S/C46H60N8O6S/c1-9-53-36-15-14-27-18-29(36)30(41(53)28-12-10-16-48-39(28)26(4)59-8)20-46(5,6)24-60-45(58)33-13-11-17-54(51-33)43(56)34(19-37-49-35(27)23-61-37)50-42(55)40(25(2)3)52(7)44(57)38-31-21-47-22-32(31)38/h10,12,14-16,18,23,25-26,31-34,38,40,47,51H,9,11,13,17,19-22,24H2,1-8H3,(H,50,55)/t26-,31-,32+,33-,34-,38?,40-/m0/s1. The molecule has 14 nitrogen and oxygen atoms in total. The highest BCUT2D eigenvalue weighted by Crippen LogP contribution is 2.50. The number of ether oxygens (including phenoxy) is 2. The fourth-order valence-corrected chi connectivity index (χ4v) is 10.8. The summed E-state index contributed by atoms with van der Waals surface area (Å²) in [5.41, 5.74) is 9.44. The molecule has 61 heavy (non-hydrogen) atoms. The number of esters is 1. The zero-order valence-corrected chi connectivity index (χ0v) is 37.4. The Labute approximate surface area is 362 Å². The van der Waals surface area contributed by atoms with Crippen LogP contribution in [0.4, 0.5) is 0 Å². The Morgan fingerprint density at radius 1 is 1.15 bits per heavy atom. The first-order chi connectivity index (χ1) is 29.2. The molecule has 4 aromatic rings. The molecule has 3 aliphatic heterocycles. The number of pyridine rings is 1. The maximum atomic E-state index is 14.5. The number of aromatic nitrogens is 3. The van der Waals surface area contributed by atoms with Gasteiger partial charge in [-0.2, -0.15) is 0 Å². The first kappa shape index (κ1) is 43.0. The molecule has 3 N–H and O–H groups in total. The predicted molar refractivity (Wildman–Crippen MR) is 234 cm³/mol. The van der Waals surface area contributed by atoms with Gasteiger partial charge in [-0.05, 0) is 93.8 Å². The van der Waals surface area contributed by atoms with Gasteiger partial charge in [0.1, 0.15) is 18.1 Å². The van der Waals surface area contributed by atoms with Gasteiger partial charge in [-0.25, -0.2) is 10.4 Å². The molecular formula is C46H60N8O6S. The lowest BCUT2D eigenvalue weighted by Gasteiger charge is -2.36. The number of cyclic esters (lactones) is 1. The van der Waals surface area contributed by atoms with E-state index in [4.69, 9.17) is 19.4 Å². The molecule has 2 saturated heterocycles. The number of hydrazine groups is 1.